The molecule has 37 heavy (non-hydrogen) atoms. The van der Waals surface area contributed by atoms with Crippen molar-refractivity contribution in [1.29, 1.82) is 0 Å². The summed E-state index contributed by atoms with van der Waals surface area (Å²) in [5, 5.41) is 22.7. The highest BCUT2D eigenvalue weighted by atomic mass is 32.1. The van der Waals surface area contributed by atoms with Gasteiger partial charge in [-0.15, -0.1) is 11.3 Å². The molecule has 2 heterocycles. The molecule has 0 amide bonds. The second kappa shape index (κ2) is 10.3. The summed E-state index contributed by atoms with van der Waals surface area (Å²) in [4.78, 5) is 6.08. The Morgan fingerprint density at radius 1 is 1.08 bits per heavy atom. The molecule has 1 aliphatic rings. The molecule has 0 atom stereocenters. The lowest BCUT2D eigenvalue weighted by Gasteiger charge is -2.38. The van der Waals surface area contributed by atoms with Crippen molar-refractivity contribution in [3.05, 3.63) is 59.2 Å². The maximum absolute atomic E-state index is 10.4. The summed E-state index contributed by atoms with van der Waals surface area (Å²) < 4.78 is 13.7. The van der Waals surface area contributed by atoms with Gasteiger partial charge in [0.25, 0.3) is 0 Å². The van der Waals surface area contributed by atoms with Gasteiger partial charge < -0.3 is 19.7 Å². The zero-order valence-electron chi connectivity index (χ0n) is 22.4. The minimum Gasteiger partial charge on any atom is -0.493 e. The molecule has 5 nitrogen and oxygen atoms in total. The Morgan fingerprint density at radius 3 is 2.49 bits per heavy atom. The van der Waals surface area contributed by atoms with E-state index in [-0.39, 0.29) is 11.7 Å². The quantitative estimate of drug-likeness (QED) is 0.248. The summed E-state index contributed by atoms with van der Waals surface area (Å²) >= 11 is 1.68. The molecule has 2 aromatic heterocycles. The van der Waals surface area contributed by atoms with Gasteiger partial charge in [0, 0.05) is 10.3 Å². The zero-order chi connectivity index (χ0) is 26.3. The summed E-state index contributed by atoms with van der Waals surface area (Å²) in [5.41, 5.74) is 4.01. The van der Waals surface area contributed by atoms with Crippen molar-refractivity contribution in [2.24, 2.45) is 5.92 Å². The lowest BCUT2D eigenvalue weighted by Crippen LogP contribution is -2.37. The number of aliphatic hydroxyl groups excluding tert-OH is 1. The predicted octanol–water partition coefficient (Wildman–Crippen LogP) is 7.47. The number of nitrogens with zero attached hydrogens (tertiary/aromatic N) is 1. The first-order chi connectivity index (χ1) is 17.6. The van der Waals surface area contributed by atoms with Gasteiger partial charge in [0.05, 0.1) is 39.8 Å². The van der Waals surface area contributed by atoms with Gasteiger partial charge in [0.15, 0.2) is 6.29 Å². The molecule has 1 saturated carbocycles. The molecular formula is C31H37NO4S. The molecule has 0 spiro atoms. The fraction of sp³-hybridized carbons (Fsp3) is 0.452. The van der Waals surface area contributed by atoms with E-state index in [2.05, 4.69) is 39.8 Å². The number of rotatable bonds is 7. The van der Waals surface area contributed by atoms with Gasteiger partial charge >= 0.3 is 0 Å². The molecule has 0 saturated heterocycles. The predicted molar refractivity (Wildman–Crippen MR) is 151 cm³/mol. The average molecular weight is 520 g/mol. The van der Waals surface area contributed by atoms with Gasteiger partial charge in [-0.1, -0.05) is 24.3 Å². The first kappa shape index (κ1) is 26.1. The summed E-state index contributed by atoms with van der Waals surface area (Å²) in [6, 6.07) is 14.1. The van der Waals surface area contributed by atoms with Crippen LogP contribution in [0.3, 0.4) is 0 Å². The molecule has 6 heteroatoms. The molecular weight excluding hydrogens is 482 g/mol. The van der Waals surface area contributed by atoms with Crippen molar-refractivity contribution in [1.82, 2.24) is 4.98 Å². The Labute approximate surface area is 223 Å². The third-order valence-corrected chi connectivity index (χ3v) is 8.96. The number of pyridine rings is 1. The molecule has 4 aromatic rings. The first-order valence-corrected chi connectivity index (χ1v) is 14.1. The number of hydrogen-bond donors (Lipinski definition) is 2. The molecule has 1 aliphatic carbocycles. The second-order valence-corrected chi connectivity index (χ2v) is 12.1. The standard InChI is InChI=1S/C31H37NO4S/c1-18(2)36-31(5)14-12-21(13-15-31)17-35-25-11-10-19(3)28-27(25)23(30(33)34)16-24(32-28)29-20(4)22-8-6-7-9-26(22)37-29/h6-11,16,18,21,30,33-34H,12-15,17H2,1-5H3/t21-,31-. The van der Waals surface area contributed by atoms with E-state index in [4.69, 9.17) is 14.5 Å². The van der Waals surface area contributed by atoms with Crippen LogP contribution in [0.25, 0.3) is 31.6 Å². The number of aromatic nitrogens is 1. The Balaban J connectivity index is 1.46. The Morgan fingerprint density at radius 2 is 1.81 bits per heavy atom. The van der Waals surface area contributed by atoms with E-state index < -0.39 is 6.29 Å². The molecule has 0 radical (unpaired) electrons. The van der Waals surface area contributed by atoms with E-state index in [1.807, 2.05) is 37.3 Å². The second-order valence-electron chi connectivity index (χ2n) is 11.0. The first-order valence-electron chi connectivity index (χ1n) is 13.2. The molecule has 0 unspecified atom stereocenters. The summed E-state index contributed by atoms with van der Waals surface area (Å²) in [7, 11) is 0. The van der Waals surface area contributed by atoms with Gasteiger partial charge in [-0.25, -0.2) is 4.98 Å². The van der Waals surface area contributed by atoms with Crippen LogP contribution in [0.1, 0.15) is 69.4 Å². The number of benzene rings is 2. The number of ether oxygens (including phenoxy) is 2. The molecule has 1 fully saturated rings. The Bertz CT molecular complexity index is 1420. The van der Waals surface area contributed by atoms with Crippen molar-refractivity contribution in [2.45, 2.75) is 78.3 Å². The average Bonchev–Trinajstić information content (AvgIpc) is 3.20. The summed E-state index contributed by atoms with van der Waals surface area (Å²) in [6.07, 6.45) is 2.74. The normalized spacial score (nSPS) is 20.4. The van der Waals surface area contributed by atoms with Crippen molar-refractivity contribution in [3.8, 4) is 16.3 Å². The van der Waals surface area contributed by atoms with Crippen LogP contribution < -0.4 is 4.74 Å². The van der Waals surface area contributed by atoms with Crippen molar-refractivity contribution in [3.63, 3.8) is 0 Å². The van der Waals surface area contributed by atoms with Gasteiger partial charge in [-0.05, 0) is 101 Å². The number of fused-ring (bicyclic) bond motifs is 2. The van der Waals surface area contributed by atoms with E-state index in [0.717, 1.165) is 52.9 Å². The van der Waals surface area contributed by atoms with Crippen LogP contribution in [0, 0.1) is 19.8 Å². The minimum absolute atomic E-state index is 0.0551. The van der Waals surface area contributed by atoms with Crippen LogP contribution in [0.4, 0.5) is 0 Å². The monoisotopic (exact) mass is 519 g/mol. The van der Waals surface area contributed by atoms with Crippen LogP contribution in [0.2, 0.25) is 0 Å². The number of aliphatic hydroxyl groups is 2. The maximum atomic E-state index is 10.4. The van der Waals surface area contributed by atoms with E-state index >= 15 is 0 Å². The Hall–Kier alpha value is -2.51. The van der Waals surface area contributed by atoms with Crippen LogP contribution >= 0.6 is 11.3 Å². The molecule has 196 valence electrons. The third-order valence-electron chi connectivity index (χ3n) is 7.67. The van der Waals surface area contributed by atoms with Crippen molar-refractivity contribution >= 4 is 32.3 Å². The van der Waals surface area contributed by atoms with Gasteiger partial charge in [-0.2, -0.15) is 0 Å². The highest BCUT2D eigenvalue weighted by Crippen LogP contribution is 2.42. The van der Waals surface area contributed by atoms with E-state index in [1.165, 1.54) is 10.1 Å². The molecule has 2 aromatic carbocycles. The fourth-order valence-electron chi connectivity index (χ4n) is 5.68. The topological polar surface area (TPSA) is 71.8 Å². The van der Waals surface area contributed by atoms with E-state index in [1.54, 1.807) is 11.3 Å². The third kappa shape index (κ3) is 5.26. The summed E-state index contributed by atoms with van der Waals surface area (Å²) in [5.74, 6) is 1.10. The van der Waals surface area contributed by atoms with E-state index in [0.29, 0.717) is 29.2 Å². The van der Waals surface area contributed by atoms with Crippen LogP contribution in [0.15, 0.2) is 42.5 Å². The van der Waals surface area contributed by atoms with E-state index in [9.17, 15) is 10.2 Å². The van der Waals surface area contributed by atoms with Gasteiger partial charge in [-0.3, -0.25) is 0 Å². The number of hydrogen-bond acceptors (Lipinski definition) is 6. The Kier molecular flexibility index (Phi) is 7.29. The number of aryl methyl sites for hydroxylation is 2. The van der Waals surface area contributed by atoms with Crippen molar-refractivity contribution in [2.75, 3.05) is 6.61 Å². The van der Waals surface area contributed by atoms with Crippen LogP contribution in [0.5, 0.6) is 5.75 Å². The fourth-order valence-corrected chi connectivity index (χ4v) is 6.85. The lowest BCUT2D eigenvalue weighted by molar-refractivity contribution is -0.0970. The van der Waals surface area contributed by atoms with Crippen LogP contribution in [-0.2, 0) is 4.74 Å². The molecule has 0 bridgehead atoms. The molecule has 0 aliphatic heterocycles. The minimum atomic E-state index is -1.63. The molecule has 2 N–H and O–H groups in total. The highest BCUT2D eigenvalue weighted by Gasteiger charge is 2.33. The van der Waals surface area contributed by atoms with Gasteiger partial charge in [0.2, 0.25) is 0 Å². The maximum Gasteiger partial charge on any atom is 0.179 e. The van der Waals surface area contributed by atoms with Crippen LogP contribution in [-0.4, -0.2) is 33.5 Å². The number of thiophene rings is 1. The SMILES string of the molecule is Cc1c(-c2cc(C(O)O)c3c(OC[C@H]4CC[C@](C)(OC(C)C)CC4)ccc(C)c3n2)sc2ccccc12. The van der Waals surface area contributed by atoms with Crippen molar-refractivity contribution < 1.29 is 19.7 Å². The lowest BCUT2D eigenvalue weighted by atomic mass is 9.80. The molecule has 5 rings (SSSR count). The zero-order valence-corrected chi connectivity index (χ0v) is 23.2. The largest absolute Gasteiger partial charge is 0.493 e. The highest BCUT2D eigenvalue weighted by molar-refractivity contribution is 7.22. The smallest absolute Gasteiger partial charge is 0.179 e. The summed E-state index contributed by atoms with van der Waals surface area (Å²) in [6.45, 7) is 11.1. The van der Waals surface area contributed by atoms with Gasteiger partial charge in [0.1, 0.15) is 5.75 Å².